The molecule has 1 aromatic rings. The van der Waals surface area contributed by atoms with E-state index in [9.17, 15) is 13.2 Å². The molecule has 5 heteroatoms. The van der Waals surface area contributed by atoms with Crippen molar-refractivity contribution in [1.82, 2.24) is 0 Å². The fourth-order valence-electron chi connectivity index (χ4n) is 2.63. The third kappa shape index (κ3) is 3.41. The Kier molecular flexibility index (Phi) is 4.34. The van der Waals surface area contributed by atoms with E-state index in [1.165, 1.54) is 12.1 Å². The van der Waals surface area contributed by atoms with Crippen LogP contribution in [0.3, 0.4) is 0 Å². The van der Waals surface area contributed by atoms with Crippen LogP contribution < -0.4 is 4.90 Å². The lowest BCUT2D eigenvalue weighted by Gasteiger charge is -2.37. The van der Waals surface area contributed by atoms with Gasteiger partial charge in [0.25, 0.3) is 0 Å². The van der Waals surface area contributed by atoms with E-state index in [4.69, 9.17) is 5.11 Å². The summed E-state index contributed by atoms with van der Waals surface area (Å²) in [5.74, 6) is 0. The molecule has 0 bridgehead atoms. The molecule has 1 atom stereocenters. The van der Waals surface area contributed by atoms with Crippen LogP contribution >= 0.6 is 0 Å². The van der Waals surface area contributed by atoms with Crippen LogP contribution in [0.25, 0.3) is 0 Å². The minimum absolute atomic E-state index is 0.113. The molecule has 1 heterocycles. The first-order chi connectivity index (χ1) is 9.02. The summed E-state index contributed by atoms with van der Waals surface area (Å²) in [6.45, 7) is 0.956. The Hall–Kier alpha value is -1.23. The molecule has 2 rings (SSSR count). The van der Waals surface area contributed by atoms with Gasteiger partial charge in [-0.25, -0.2) is 0 Å². The summed E-state index contributed by atoms with van der Waals surface area (Å²) in [6.07, 6.45) is -0.474. The summed E-state index contributed by atoms with van der Waals surface area (Å²) in [7, 11) is 0. The highest BCUT2D eigenvalue weighted by Gasteiger charge is 2.30. The molecule has 1 fully saturated rings. The first-order valence-corrected chi connectivity index (χ1v) is 6.57. The van der Waals surface area contributed by atoms with Gasteiger partial charge in [0.05, 0.1) is 5.56 Å². The quantitative estimate of drug-likeness (QED) is 0.911. The molecule has 19 heavy (non-hydrogen) atoms. The zero-order chi connectivity index (χ0) is 13.9. The van der Waals surface area contributed by atoms with Crippen molar-refractivity contribution in [2.45, 2.75) is 37.9 Å². The highest BCUT2D eigenvalue weighted by Crippen LogP contribution is 2.32. The second-order valence-corrected chi connectivity index (χ2v) is 4.90. The van der Waals surface area contributed by atoms with E-state index in [0.29, 0.717) is 6.42 Å². The normalized spacial score (nSPS) is 20.6. The molecular formula is C14H18F3NO. The molecule has 1 unspecified atom stereocenters. The molecule has 1 aliphatic rings. The highest BCUT2D eigenvalue weighted by molar-refractivity contribution is 5.49. The summed E-state index contributed by atoms with van der Waals surface area (Å²) < 4.78 is 37.5. The van der Waals surface area contributed by atoms with Crippen molar-refractivity contribution in [3.63, 3.8) is 0 Å². The fraction of sp³-hybridized carbons (Fsp3) is 0.571. The van der Waals surface area contributed by atoms with Crippen LogP contribution in [0, 0.1) is 0 Å². The molecule has 0 spiro atoms. The van der Waals surface area contributed by atoms with E-state index >= 15 is 0 Å². The summed E-state index contributed by atoms with van der Waals surface area (Å²) in [4.78, 5) is 2.11. The monoisotopic (exact) mass is 273 g/mol. The van der Waals surface area contributed by atoms with Gasteiger partial charge in [-0.15, -0.1) is 0 Å². The fourth-order valence-corrected chi connectivity index (χ4v) is 2.63. The van der Waals surface area contributed by atoms with E-state index < -0.39 is 11.7 Å². The topological polar surface area (TPSA) is 23.5 Å². The zero-order valence-corrected chi connectivity index (χ0v) is 10.7. The number of anilines is 1. The van der Waals surface area contributed by atoms with Gasteiger partial charge in [-0.3, -0.25) is 0 Å². The maximum absolute atomic E-state index is 12.5. The first-order valence-electron chi connectivity index (χ1n) is 6.57. The molecule has 1 aromatic carbocycles. The van der Waals surface area contributed by atoms with Gasteiger partial charge < -0.3 is 10.0 Å². The summed E-state index contributed by atoms with van der Waals surface area (Å²) in [5.41, 5.74) is 0.193. The number of aliphatic hydroxyl groups is 1. The number of aliphatic hydroxyl groups excluding tert-OH is 1. The molecule has 0 aromatic heterocycles. The minimum Gasteiger partial charge on any atom is -0.396 e. The number of rotatable bonds is 3. The molecule has 0 aliphatic carbocycles. The van der Waals surface area contributed by atoms with Gasteiger partial charge in [-0.1, -0.05) is 0 Å². The van der Waals surface area contributed by atoms with Crippen LogP contribution in [-0.2, 0) is 6.18 Å². The van der Waals surface area contributed by atoms with Crippen molar-refractivity contribution >= 4 is 5.69 Å². The lowest BCUT2D eigenvalue weighted by Crippen LogP contribution is -2.40. The van der Waals surface area contributed by atoms with Gasteiger partial charge in [0, 0.05) is 24.9 Å². The van der Waals surface area contributed by atoms with Crippen molar-refractivity contribution in [1.29, 1.82) is 0 Å². The molecule has 2 nitrogen and oxygen atoms in total. The van der Waals surface area contributed by atoms with Crippen LogP contribution in [0.15, 0.2) is 24.3 Å². The number of hydrogen-bond donors (Lipinski definition) is 1. The first kappa shape index (κ1) is 14.2. The van der Waals surface area contributed by atoms with Crippen LogP contribution in [-0.4, -0.2) is 24.3 Å². The average molecular weight is 273 g/mol. The molecule has 0 amide bonds. The van der Waals surface area contributed by atoms with E-state index in [1.807, 2.05) is 0 Å². The largest absolute Gasteiger partial charge is 0.416 e. The molecular weight excluding hydrogens is 255 g/mol. The standard InChI is InChI=1S/C14H18F3NO/c15-14(16,17)11-4-6-13(7-5-11)18-9-2-1-3-12(18)8-10-19/h4-7,12,19H,1-3,8-10H2. The highest BCUT2D eigenvalue weighted by atomic mass is 19.4. The van der Waals surface area contributed by atoms with Gasteiger partial charge in [0.15, 0.2) is 0 Å². The molecule has 1 saturated heterocycles. The number of benzene rings is 1. The molecule has 106 valence electrons. The van der Waals surface area contributed by atoms with Crippen molar-refractivity contribution < 1.29 is 18.3 Å². The maximum Gasteiger partial charge on any atom is 0.416 e. The summed E-state index contributed by atoms with van der Waals surface area (Å²) in [6, 6.07) is 5.53. The van der Waals surface area contributed by atoms with Crippen molar-refractivity contribution in [3.05, 3.63) is 29.8 Å². The third-order valence-corrected chi connectivity index (χ3v) is 3.62. The molecule has 0 saturated carbocycles. The SMILES string of the molecule is OCCC1CCCCN1c1ccc(C(F)(F)F)cc1. The lowest BCUT2D eigenvalue weighted by atomic mass is 9.98. The Labute approximate surface area is 110 Å². The van der Waals surface area contributed by atoms with E-state index in [0.717, 1.165) is 43.6 Å². The maximum atomic E-state index is 12.5. The Bertz CT molecular complexity index is 400. The van der Waals surface area contributed by atoms with Crippen LogP contribution in [0.2, 0.25) is 0 Å². The zero-order valence-electron chi connectivity index (χ0n) is 10.7. The smallest absolute Gasteiger partial charge is 0.396 e. The van der Waals surface area contributed by atoms with Gasteiger partial charge in [-0.2, -0.15) is 13.2 Å². The Morgan fingerprint density at radius 1 is 1.16 bits per heavy atom. The second kappa shape index (κ2) is 5.82. The third-order valence-electron chi connectivity index (χ3n) is 3.62. The predicted molar refractivity (Wildman–Crippen MR) is 68.1 cm³/mol. The second-order valence-electron chi connectivity index (χ2n) is 4.90. The van der Waals surface area contributed by atoms with Crippen molar-refractivity contribution in [3.8, 4) is 0 Å². The number of alkyl halides is 3. The lowest BCUT2D eigenvalue weighted by molar-refractivity contribution is -0.137. The number of halogens is 3. The van der Waals surface area contributed by atoms with Gasteiger partial charge in [-0.05, 0) is 49.9 Å². The Morgan fingerprint density at radius 2 is 1.84 bits per heavy atom. The average Bonchev–Trinajstić information content (AvgIpc) is 2.39. The van der Waals surface area contributed by atoms with Crippen molar-refractivity contribution in [2.24, 2.45) is 0 Å². The van der Waals surface area contributed by atoms with Crippen molar-refractivity contribution in [2.75, 3.05) is 18.1 Å². The van der Waals surface area contributed by atoms with Crippen LogP contribution in [0.1, 0.15) is 31.2 Å². The summed E-state index contributed by atoms with van der Waals surface area (Å²) >= 11 is 0. The molecule has 1 N–H and O–H groups in total. The molecule has 0 radical (unpaired) electrons. The van der Waals surface area contributed by atoms with E-state index in [1.54, 1.807) is 0 Å². The molecule has 1 aliphatic heterocycles. The Balaban J connectivity index is 2.15. The van der Waals surface area contributed by atoms with E-state index in [2.05, 4.69) is 4.90 Å². The van der Waals surface area contributed by atoms with Gasteiger partial charge in [0.1, 0.15) is 0 Å². The van der Waals surface area contributed by atoms with Crippen LogP contribution in [0.4, 0.5) is 18.9 Å². The van der Waals surface area contributed by atoms with Crippen LogP contribution in [0.5, 0.6) is 0 Å². The van der Waals surface area contributed by atoms with E-state index in [-0.39, 0.29) is 12.6 Å². The van der Waals surface area contributed by atoms with Gasteiger partial charge >= 0.3 is 6.18 Å². The number of nitrogens with zero attached hydrogens (tertiary/aromatic N) is 1. The summed E-state index contributed by atoms with van der Waals surface area (Å²) in [5, 5.41) is 9.06. The number of hydrogen-bond acceptors (Lipinski definition) is 2. The van der Waals surface area contributed by atoms with Gasteiger partial charge in [0.2, 0.25) is 0 Å². The number of piperidine rings is 1. The minimum atomic E-state index is -4.29. The Morgan fingerprint density at radius 3 is 2.42 bits per heavy atom. The predicted octanol–water partition coefficient (Wildman–Crippen LogP) is 3.45.